The zero-order valence-corrected chi connectivity index (χ0v) is 12.2. The molecule has 0 spiro atoms. The maximum absolute atomic E-state index is 13.3. The number of halogens is 1. The summed E-state index contributed by atoms with van der Waals surface area (Å²) < 4.78 is 18.3. The van der Waals surface area contributed by atoms with Crippen molar-refractivity contribution in [3.05, 3.63) is 59.9 Å². The van der Waals surface area contributed by atoms with Crippen LogP contribution >= 0.6 is 0 Å². The van der Waals surface area contributed by atoms with Gasteiger partial charge in [0, 0.05) is 17.3 Å². The molecular weight excluding hydrogens is 301 g/mol. The molecule has 0 heterocycles. The first-order chi connectivity index (χ1) is 11.1. The highest BCUT2D eigenvalue weighted by Gasteiger charge is 2.13. The summed E-state index contributed by atoms with van der Waals surface area (Å²) in [6.07, 6.45) is 1.12. The lowest BCUT2D eigenvalue weighted by molar-refractivity contribution is -0.136. The Labute approximate surface area is 132 Å². The van der Waals surface area contributed by atoms with Crippen LogP contribution in [0, 0.1) is 5.82 Å². The fourth-order valence-electron chi connectivity index (χ4n) is 1.68. The van der Waals surface area contributed by atoms with Crippen molar-refractivity contribution in [2.24, 2.45) is 5.10 Å². The molecule has 2 amide bonds. The Morgan fingerprint density at radius 3 is 2.65 bits per heavy atom. The number of anilines is 1. The fourth-order valence-corrected chi connectivity index (χ4v) is 1.68. The van der Waals surface area contributed by atoms with E-state index in [0.29, 0.717) is 11.4 Å². The Morgan fingerprint density at radius 1 is 1.13 bits per heavy atom. The largest absolute Gasteiger partial charge is 0.497 e. The zero-order valence-electron chi connectivity index (χ0n) is 12.2. The topological polar surface area (TPSA) is 79.8 Å². The van der Waals surface area contributed by atoms with E-state index >= 15 is 0 Å². The molecule has 0 aliphatic carbocycles. The molecule has 0 saturated heterocycles. The SMILES string of the molecule is COc1cccc(NC(=O)C(=O)NN=Cc2ccccc2F)c1. The van der Waals surface area contributed by atoms with E-state index in [2.05, 4.69) is 10.4 Å². The number of rotatable bonds is 4. The lowest BCUT2D eigenvalue weighted by Gasteiger charge is -2.05. The second-order valence-electron chi connectivity index (χ2n) is 4.41. The lowest BCUT2D eigenvalue weighted by Crippen LogP contribution is -2.32. The molecule has 2 rings (SSSR count). The number of hydrazone groups is 1. The molecule has 0 aliphatic heterocycles. The summed E-state index contributed by atoms with van der Waals surface area (Å²) in [5.74, 6) is -1.81. The number of methoxy groups -OCH3 is 1. The molecule has 0 aliphatic rings. The molecule has 2 N–H and O–H groups in total. The highest BCUT2D eigenvalue weighted by atomic mass is 19.1. The average molecular weight is 315 g/mol. The van der Waals surface area contributed by atoms with Gasteiger partial charge in [-0.2, -0.15) is 5.10 Å². The number of nitrogens with one attached hydrogen (secondary N) is 2. The van der Waals surface area contributed by atoms with E-state index < -0.39 is 17.6 Å². The fraction of sp³-hybridized carbons (Fsp3) is 0.0625. The van der Waals surface area contributed by atoms with Crippen molar-refractivity contribution in [3.8, 4) is 5.75 Å². The number of hydrogen-bond acceptors (Lipinski definition) is 4. The zero-order chi connectivity index (χ0) is 16.7. The quantitative estimate of drug-likeness (QED) is 0.514. The third-order valence-corrected chi connectivity index (χ3v) is 2.81. The summed E-state index contributed by atoms with van der Waals surface area (Å²) in [6.45, 7) is 0. The molecule has 118 valence electrons. The van der Waals surface area contributed by atoms with Crippen LogP contribution in [0.5, 0.6) is 5.75 Å². The van der Waals surface area contributed by atoms with Gasteiger partial charge in [0.2, 0.25) is 0 Å². The van der Waals surface area contributed by atoms with Gasteiger partial charge in [0.15, 0.2) is 0 Å². The van der Waals surface area contributed by atoms with Gasteiger partial charge in [0.05, 0.1) is 13.3 Å². The highest BCUT2D eigenvalue weighted by molar-refractivity contribution is 6.39. The van der Waals surface area contributed by atoms with E-state index in [-0.39, 0.29) is 5.56 Å². The van der Waals surface area contributed by atoms with Crippen LogP contribution in [-0.2, 0) is 9.59 Å². The summed E-state index contributed by atoms with van der Waals surface area (Å²) in [5, 5.41) is 5.95. The van der Waals surface area contributed by atoms with Crippen molar-refractivity contribution in [2.75, 3.05) is 12.4 Å². The van der Waals surface area contributed by atoms with Crippen molar-refractivity contribution < 1.29 is 18.7 Å². The summed E-state index contributed by atoms with van der Waals surface area (Å²) in [7, 11) is 1.49. The average Bonchev–Trinajstić information content (AvgIpc) is 2.56. The number of carbonyl (C=O) groups is 2. The van der Waals surface area contributed by atoms with Gasteiger partial charge in [0.1, 0.15) is 11.6 Å². The van der Waals surface area contributed by atoms with Crippen LogP contribution < -0.4 is 15.5 Å². The van der Waals surface area contributed by atoms with Gasteiger partial charge in [0.25, 0.3) is 0 Å². The van der Waals surface area contributed by atoms with Gasteiger partial charge in [-0.15, -0.1) is 0 Å². The Hall–Kier alpha value is -3.22. The summed E-state index contributed by atoms with van der Waals surface area (Å²) in [4.78, 5) is 23.3. The summed E-state index contributed by atoms with van der Waals surface area (Å²) in [6, 6.07) is 12.5. The van der Waals surface area contributed by atoms with Gasteiger partial charge in [-0.1, -0.05) is 24.3 Å². The number of ether oxygens (including phenoxy) is 1. The van der Waals surface area contributed by atoms with Crippen LogP contribution in [0.15, 0.2) is 53.6 Å². The van der Waals surface area contributed by atoms with Crippen molar-refractivity contribution in [1.29, 1.82) is 0 Å². The van der Waals surface area contributed by atoms with Gasteiger partial charge in [-0.05, 0) is 18.2 Å². The van der Waals surface area contributed by atoms with Gasteiger partial charge >= 0.3 is 11.8 Å². The normalized spacial score (nSPS) is 10.3. The van der Waals surface area contributed by atoms with Crippen molar-refractivity contribution in [1.82, 2.24) is 5.43 Å². The maximum atomic E-state index is 13.3. The minimum absolute atomic E-state index is 0.195. The number of benzene rings is 2. The molecule has 7 heteroatoms. The maximum Gasteiger partial charge on any atom is 0.329 e. The standard InChI is InChI=1S/C16H14FN3O3/c1-23-13-7-4-6-12(9-13)19-15(21)16(22)20-18-10-11-5-2-3-8-14(11)17/h2-10H,1H3,(H,19,21)(H,20,22). The predicted octanol–water partition coefficient (Wildman–Crippen LogP) is 1.92. The van der Waals surface area contributed by atoms with E-state index in [1.807, 2.05) is 5.43 Å². The molecule has 0 radical (unpaired) electrons. The van der Waals surface area contributed by atoms with Crippen LogP contribution in [0.25, 0.3) is 0 Å². The predicted molar refractivity (Wildman–Crippen MR) is 83.8 cm³/mol. The van der Waals surface area contributed by atoms with E-state index in [1.54, 1.807) is 30.3 Å². The van der Waals surface area contributed by atoms with Gasteiger partial charge < -0.3 is 10.1 Å². The Kier molecular flexibility index (Phi) is 5.40. The molecule has 23 heavy (non-hydrogen) atoms. The molecule has 0 aromatic heterocycles. The molecule has 0 unspecified atom stereocenters. The Morgan fingerprint density at radius 2 is 1.91 bits per heavy atom. The van der Waals surface area contributed by atoms with Crippen LogP contribution in [0.1, 0.15) is 5.56 Å². The van der Waals surface area contributed by atoms with Gasteiger partial charge in [-0.3, -0.25) is 9.59 Å². The first kappa shape index (κ1) is 16.2. The molecule has 2 aromatic rings. The van der Waals surface area contributed by atoms with Crippen LogP contribution in [0.2, 0.25) is 0 Å². The van der Waals surface area contributed by atoms with Crippen molar-refractivity contribution in [2.45, 2.75) is 0 Å². The third kappa shape index (κ3) is 4.63. The lowest BCUT2D eigenvalue weighted by atomic mass is 10.2. The minimum atomic E-state index is -0.972. The number of hydrogen-bond donors (Lipinski definition) is 2. The monoisotopic (exact) mass is 315 g/mol. The first-order valence-electron chi connectivity index (χ1n) is 6.63. The molecule has 0 bridgehead atoms. The summed E-state index contributed by atoms with van der Waals surface area (Å²) >= 11 is 0. The molecule has 0 atom stereocenters. The number of amides is 2. The first-order valence-corrected chi connectivity index (χ1v) is 6.63. The van der Waals surface area contributed by atoms with E-state index in [9.17, 15) is 14.0 Å². The number of carbonyl (C=O) groups excluding carboxylic acids is 2. The molecule has 2 aromatic carbocycles. The highest BCUT2D eigenvalue weighted by Crippen LogP contribution is 2.16. The Bertz CT molecular complexity index is 747. The van der Waals surface area contributed by atoms with Crippen molar-refractivity contribution >= 4 is 23.7 Å². The second kappa shape index (κ2) is 7.69. The van der Waals surface area contributed by atoms with Crippen molar-refractivity contribution in [3.63, 3.8) is 0 Å². The van der Waals surface area contributed by atoms with E-state index in [4.69, 9.17) is 4.74 Å². The molecular formula is C16H14FN3O3. The molecule has 0 saturated carbocycles. The smallest absolute Gasteiger partial charge is 0.329 e. The minimum Gasteiger partial charge on any atom is -0.497 e. The van der Waals surface area contributed by atoms with Crippen LogP contribution in [0.4, 0.5) is 10.1 Å². The van der Waals surface area contributed by atoms with E-state index in [0.717, 1.165) is 6.21 Å². The van der Waals surface area contributed by atoms with Gasteiger partial charge in [-0.25, -0.2) is 9.82 Å². The third-order valence-electron chi connectivity index (χ3n) is 2.81. The van der Waals surface area contributed by atoms with Crippen LogP contribution in [0.3, 0.4) is 0 Å². The van der Waals surface area contributed by atoms with E-state index in [1.165, 1.54) is 25.3 Å². The Balaban J connectivity index is 1.92. The second-order valence-corrected chi connectivity index (χ2v) is 4.41. The van der Waals surface area contributed by atoms with Crippen LogP contribution in [-0.4, -0.2) is 25.1 Å². The molecule has 6 nitrogen and oxygen atoms in total. The summed E-state index contributed by atoms with van der Waals surface area (Å²) in [5.41, 5.74) is 2.63. The number of nitrogens with zero attached hydrogens (tertiary/aromatic N) is 1. The molecule has 0 fully saturated rings.